The average molecular weight is 560 g/mol. The number of fused-ring (bicyclic) bond motifs is 1. The molecular formula is C29H23ClFN5O4. The van der Waals surface area contributed by atoms with E-state index in [1.807, 2.05) is 0 Å². The highest BCUT2D eigenvalue weighted by atomic mass is 35.5. The average Bonchev–Trinajstić information content (AvgIpc) is 3.41. The first-order chi connectivity index (χ1) is 19.4. The van der Waals surface area contributed by atoms with Crippen LogP contribution >= 0.6 is 11.6 Å². The molecule has 2 aromatic heterocycles. The number of nitrogens with zero attached hydrogens (tertiary/aromatic N) is 2. The molecule has 0 aliphatic carbocycles. The second-order valence-corrected chi connectivity index (χ2v) is 9.22. The monoisotopic (exact) mass is 559 g/mol. The molecule has 0 atom stereocenters. The van der Waals surface area contributed by atoms with Gasteiger partial charge in [0.05, 0.1) is 22.4 Å². The summed E-state index contributed by atoms with van der Waals surface area (Å²) in [5.41, 5.74) is 8.14. The maximum absolute atomic E-state index is 13.4. The van der Waals surface area contributed by atoms with E-state index in [1.54, 1.807) is 48.5 Å². The van der Waals surface area contributed by atoms with E-state index in [-0.39, 0.29) is 36.7 Å². The standard InChI is InChI=1S/C29H23ClFN5O4/c30-23-14-20(5-7-26(23)40-15-17-2-1-3-18(31)12-17)36-29-22-13-19(4-6-24(22)33-16-34-29)35-27(37)9-8-25-21(28(32)38)10-11-39-25/h1-7,10-14,16H,8-9,15H2,(H2,32,38)(H,35,37)(H,33,34,36). The van der Waals surface area contributed by atoms with Gasteiger partial charge >= 0.3 is 0 Å². The van der Waals surface area contributed by atoms with Gasteiger partial charge in [0.15, 0.2) is 0 Å². The Hall–Kier alpha value is -4.96. The van der Waals surface area contributed by atoms with Gasteiger partial charge in [-0.1, -0.05) is 23.7 Å². The minimum atomic E-state index is -0.606. The minimum Gasteiger partial charge on any atom is -0.487 e. The number of rotatable bonds is 10. The number of nitrogens with one attached hydrogen (secondary N) is 2. The molecule has 11 heteroatoms. The number of amides is 2. The van der Waals surface area contributed by atoms with Crippen molar-refractivity contribution in [2.45, 2.75) is 19.4 Å². The van der Waals surface area contributed by atoms with E-state index >= 15 is 0 Å². The van der Waals surface area contributed by atoms with Gasteiger partial charge in [-0.15, -0.1) is 0 Å². The van der Waals surface area contributed by atoms with Gasteiger partial charge in [-0.25, -0.2) is 14.4 Å². The fraction of sp³-hybridized carbons (Fsp3) is 0.103. The zero-order chi connectivity index (χ0) is 28.1. The maximum atomic E-state index is 13.4. The minimum absolute atomic E-state index is 0.0916. The van der Waals surface area contributed by atoms with E-state index in [4.69, 9.17) is 26.5 Å². The molecule has 0 spiro atoms. The Morgan fingerprint density at radius 3 is 2.67 bits per heavy atom. The van der Waals surface area contributed by atoms with Crippen molar-refractivity contribution < 1.29 is 23.1 Å². The van der Waals surface area contributed by atoms with Gasteiger partial charge in [0, 0.05) is 29.6 Å². The van der Waals surface area contributed by atoms with E-state index < -0.39 is 5.91 Å². The number of aryl methyl sites for hydroxylation is 1. The molecule has 0 saturated heterocycles. The van der Waals surface area contributed by atoms with E-state index in [0.717, 1.165) is 0 Å². The lowest BCUT2D eigenvalue weighted by Gasteiger charge is -2.13. The maximum Gasteiger partial charge on any atom is 0.252 e. The van der Waals surface area contributed by atoms with E-state index in [1.165, 1.54) is 30.8 Å². The van der Waals surface area contributed by atoms with Gasteiger partial charge < -0.3 is 25.5 Å². The van der Waals surface area contributed by atoms with Gasteiger partial charge in [-0.3, -0.25) is 9.59 Å². The fourth-order valence-corrected chi connectivity index (χ4v) is 4.29. The number of hydrogen-bond donors (Lipinski definition) is 3. The summed E-state index contributed by atoms with van der Waals surface area (Å²) >= 11 is 6.44. The predicted octanol–water partition coefficient (Wildman–Crippen LogP) is 6.01. The normalized spacial score (nSPS) is 10.8. The summed E-state index contributed by atoms with van der Waals surface area (Å²) in [5, 5.41) is 7.11. The van der Waals surface area contributed by atoms with Crippen LogP contribution in [0.25, 0.3) is 10.9 Å². The molecule has 0 radical (unpaired) electrons. The number of benzene rings is 3. The number of hydrogen-bond acceptors (Lipinski definition) is 7. The third-order valence-corrected chi connectivity index (χ3v) is 6.28. The SMILES string of the molecule is NC(=O)c1ccoc1CCC(=O)Nc1ccc2ncnc(Nc3ccc(OCc4cccc(F)c4)c(Cl)c3)c2c1. The molecule has 0 aliphatic rings. The van der Waals surface area contributed by atoms with Crippen LogP contribution in [0.2, 0.25) is 5.02 Å². The summed E-state index contributed by atoms with van der Waals surface area (Å²) in [6.45, 7) is 0.170. The van der Waals surface area contributed by atoms with Crippen LogP contribution in [0.5, 0.6) is 5.75 Å². The third-order valence-electron chi connectivity index (χ3n) is 5.99. The summed E-state index contributed by atoms with van der Waals surface area (Å²) in [6.07, 6.45) is 3.12. The lowest BCUT2D eigenvalue weighted by atomic mass is 10.1. The predicted molar refractivity (Wildman–Crippen MR) is 149 cm³/mol. The van der Waals surface area contributed by atoms with Crippen LogP contribution in [-0.2, 0) is 17.8 Å². The highest BCUT2D eigenvalue weighted by molar-refractivity contribution is 6.32. The molecular weight excluding hydrogens is 537 g/mol. The molecule has 3 aromatic carbocycles. The van der Waals surface area contributed by atoms with Crippen molar-refractivity contribution in [3.8, 4) is 5.75 Å². The Morgan fingerprint density at radius 2 is 1.88 bits per heavy atom. The highest BCUT2D eigenvalue weighted by Gasteiger charge is 2.14. The first kappa shape index (κ1) is 26.6. The molecule has 0 bridgehead atoms. The number of carbonyl (C=O) groups excluding carboxylic acids is 2. The number of furan rings is 1. The molecule has 2 heterocycles. The Labute approximate surface area is 233 Å². The summed E-state index contributed by atoms with van der Waals surface area (Å²) < 4.78 is 24.4. The molecule has 5 rings (SSSR count). The van der Waals surface area contributed by atoms with Gasteiger partial charge in [-0.05, 0) is 60.2 Å². The lowest BCUT2D eigenvalue weighted by molar-refractivity contribution is -0.116. The molecule has 9 nitrogen and oxygen atoms in total. The second-order valence-electron chi connectivity index (χ2n) is 8.81. The Morgan fingerprint density at radius 1 is 1.02 bits per heavy atom. The zero-order valence-corrected chi connectivity index (χ0v) is 21.7. The topological polar surface area (TPSA) is 132 Å². The number of nitrogens with two attached hydrogens (primary N) is 1. The van der Waals surface area contributed by atoms with Crippen LogP contribution in [0.4, 0.5) is 21.6 Å². The van der Waals surface area contributed by atoms with Crippen molar-refractivity contribution in [2.75, 3.05) is 10.6 Å². The van der Waals surface area contributed by atoms with Gasteiger partial charge in [0.2, 0.25) is 5.91 Å². The van der Waals surface area contributed by atoms with Crippen molar-refractivity contribution in [2.24, 2.45) is 5.73 Å². The van der Waals surface area contributed by atoms with Crippen LogP contribution in [0.3, 0.4) is 0 Å². The zero-order valence-electron chi connectivity index (χ0n) is 21.0. The van der Waals surface area contributed by atoms with Crippen molar-refractivity contribution in [3.05, 3.63) is 107 Å². The van der Waals surface area contributed by atoms with Crippen LogP contribution < -0.4 is 21.1 Å². The lowest BCUT2D eigenvalue weighted by Crippen LogP contribution is -2.15. The van der Waals surface area contributed by atoms with Crippen LogP contribution in [-0.4, -0.2) is 21.8 Å². The number of carbonyl (C=O) groups is 2. The summed E-state index contributed by atoms with van der Waals surface area (Å²) in [7, 11) is 0. The molecule has 0 fully saturated rings. The van der Waals surface area contributed by atoms with Crippen molar-refractivity contribution in [3.63, 3.8) is 0 Å². The van der Waals surface area contributed by atoms with Crippen molar-refractivity contribution >= 4 is 51.5 Å². The van der Waals surface area contributed by atoms with Gasteiger partial charge in [-0.2, -0.15) is 0 Å². The van der Waals surface area contributed by atoms with Crippen LogP contribution in [0.1, 0.15) is 28.1 Å². The Bertz CT molecular complexity index is 1710. The Balaban J connectivity index is 1.26. The van der Waals surface area contributed by atoms with Gasteiger partial charge in [0.1, 0.15) is 36.1 Å². The smallest absolute Gasteiger partial charge is 0.252 e. The molecule has 4 N–H and O–H groups in total. The molecule has 40 heavy (non-hydrogen) atoms. The molecule has 0 aliphatic heterocycles. The van der Waals surface area contributed by atoms with E-state index in [9.17, 15) is 14.0 Å². The number of halogens is 2. The summed E-state index contributed by atoms with van der Waals surface area (Å²) in [4.78, 5) is 32.7. The second kappa shape index (κ2) is 11.8. The summed E-state index contributed by atoms with van der Waals surface area (Å²) in [5.74, 6) is 0.118. The molecule has 0 saturated carbocycles. The number of ether oxygens (including phenoxy) is 1. The van der Waals surface area contributed by atoms with E-state index in [2.05, 4.69) is 20.6 Å². The largest absolute Gasteiger partial charge is 0.487 e. The first-order valence-corrected chi connectivity index (χ1v) is 12.6. The van der Waals surface area contributed by atoms with Crippen molar-refractivity contribution in [1.82, 2.24) is 9.97 Å². The molecule has 202 valence electrons. The number of anilines is 3. The Kier molecular flexibility index (Phi) is 7.88. The number of aromatic nitrogens is 2. The molecule has 2 amide bonds. The highest BCUT2D eigenvalue weighted by Crippen LogP contribution is 2.31. The van der Waals surface area contributed by atoms with Crippen molar-refractivity contribution in [1.29, 1.82) is 0 Å². The summed E-state index contributed by atoms with van der Waals surface area (Å²) in [6, 6.07) is 18.1. The fourth-order valence-electron chi connectivity index (χ4n) is 4.06. The van der Waals surface area contributed by atoms with Gasteiger partial charge in [0.25, 0.3) is 5.91 Å². The third kappa shape index (κ3) is 6.36. The quantitative estimate of drug-likeness (QED) is 0.191. The molecule has 0 unspecified atom stereocenters. The van der Waals surface area contributed by atoms with Crippen LogP contribution in [0.15, 0.2) is 83.7 Å². The number of primary amides is 1. The van der Waals surface area contributed by atoms with E-state index in [0.29, 0.717) is 50.2 Å². The molecule has 5 aromatic rings. The van der Waals surface area contributed by atoms with Crippen LogP contribution in [0, 0.1) is 5.82 Å². The first-order valence-electron chi connectivity index (χ1n) is 12.2.